The molecule has 2 aromatic rings. The second kappa shape index (κ2) is 10.7. The molecule has 2 atom stereocenters. The Kier molecular flexibility index (Phi) is 8.55. The molecule has 31 heavy (non-hydrogen) atoms. The van der Waals surface area contributed by atoms with Crippen LogP contribution in [0, 0.1) is 16.0 Å². The minimum atomic E-state index is -4.21. The summed E-state index contributed by atoms with van der Waals surface area (Å²) in [6, 6.07) is 10.2. The molecule has 0 aliphatic heterocycles. The Morgan fingerprint density at radius 2 is 1.84 bits per heavy atom. The van der Waals surface area contributed by atoms with Crippen molar-refractivity contribution in [3.8, 4) is 0 Å². The number of sulfonamides is 1. The Labute approximate surface area is 187 Å². The van der Waals surface area contributed by atoms with Gasteiger partial charge in [0.05, 0.1) is 16.4 Å². The highest BCUT2D eigenvalue weighted by atomic mass is 35.5. The molecular formula is C21H25ClN2O6S. The molecule has 0 saturated carbocycles. The van der Waals surface area contributed by atoms with E-state index in [0.717, 1.165) is 28.6 Å². The van der Waals surface area contributed by atoms with Gasteiger partial charge >= 0.3 is 5.97 Å². The van der Waals surface area contributed by atoms with E-state index in [1.807, 2.05) is 6.92 Å². The highest BCUT2D eigenvalue weighted by Crippen LogP contribution is 2.28. The lowest BCUT2D eigenvalue weighted by molar-refractivity contribution is -0.384. The van der Waals surface area contributed by atoms with Crippen molar-refractivity contribution in [3.63, 3.8) is 0 Å². The first kappa shape index (κ1) is 24.8. The maximum atomic E-state index is 13.6. The van der Waals surface area contributed by atoms with E-state index >= 15 is 0 Å². The summed E-state index contributed by atoms with van der Waals surface area (Å²) in [6.45, 7) is 5.27. The Morgan fingerprint density at radius 3 is 2.35 bits per heavy atom. The molecule has 0 aliphatic carbocycles. The number of nitrogens with zero attached hydrogens (tertiary/aromatic N) is 2. The van der Waals surface area contributed by atoms with Gasteiger partial charge in [-0.1, -0.05) is 44.0 Å². The summed E-state index contributed by atoms with van der Waals surface area (Å²) in [5.74, 6) is -0.990. The van der Waals surface area contributed by atoms with Crippen LogP contribution in [0.5, 0.6) is 0 Å². The number of halogens is 1. The molecule has 0 radical (unpaired) electrons. The Bertz CT molecular complexity index is 1030. The van der Waals surface area contributed by atoms with Crippen LogP contribution in [0.15, 0.2) is 53.4 Å². The number of hydrogen-bond acceptors (Lipinski definition) is 6. The maximum absolute atomic E-state index is 13.6. The molecule has 10 heteroatoms. The molecule has 168 valence electrons. The van der Waals surface area contributed by atoms with Crippen LogP contribution in [0.2, 0.25) is 5.02 Å². The average Bonchev–Trinajstić information content (AvgIpc) is 2.73. The standard InChI is InChI=1S/C21H25ClN2O6S/c1-4-15(3)20(21(25)30-5-2)23(14-16-7-6-8-17(22)13-16)31(28,29)19-11-9-18(10-12-19)24(26)27/h6-13,15,20H,4-5,14H2,1-3H3/t15-,20-/m0/s1. The van der Waals surface area contributed by atoms with Crippen molar-refractivity contribution in [1.29, 1.82) is 0 Å². The Morgan fingerprint density at radius 1 is 1.19 bits per heavy atom. The number of carbonyl (C=O) groups excluding carboxylic acids is 1. The lowest BCUT2D eigenvalue weighted by atomic mass is 9.99. The lowest BCUT2D eigenvalue weighted by Crippen LogP contribution is -2.48. The molecule has 0 amide bonds. The van der Waals surface area contributed by atoms with E-state index in [0.29, 0.717) is 17.0 Å². The van der Waals surface area contributed by atoms with Crippen LogP contribution in [-0.4, -0.2) is 36.3 Å². The Hall–Kier alpha value is -2.49. The van der Waals surface area contributed by atoms with E-state index in [4.69, 9.17) is 16.3 Å². The summed E-state index contributed by atoms with van der Waals surface area (Å²) in [5.41, 5.74) is 0.361. The number of ether oxygens (including phenoxy) is 1. The zero-order chi connectivity index (χ0) is 23.2. The maximum Gasteiger partial charge on any atom is 0.324 e. The lowest BCUT2D eigenvalue weighted by Gasteiger charge is -2.33. The molecule has 8 nitrogen and oxygen atoms in total. The van der Waals surface area contributed by atoms with Gasteiger partial charge in [0.15, 0.2) is 0 Å². The van der Waals surface area contributed by atoms with Crippen LogP contribution in [0.25, 0.3) is 0 Å². The number of nitro groups is 1. The fourth-order valence-corrected chi connectivity index (χ4v) is 4.98. The second-order valence-electron chi connectivity index (χ2n) is 7.01. The summed E-state index contributed by atoms with van der Waals surface area (Å²) in [4.78, 5) is 23.0. The number of carbonyl (C=O) groups is 1. The first-order valence-corrected chi connectivity index (χ1v) is 11.6. The van der Waals surface area contributed by atoms with Gasteiger partial charge in [0, 0.05) is 23.7 Å². The molecule has 0 fully saturated rings. The molecule has 0 unspecified atom stereocenters. The number of hydrogen-bond donors (Lipinski definition) is 0. The minimum Gasteiger partial charge on any atom is -0.465 e. The normalized spacial score (nSPS) is 13.6. The molecule has 2 rings (SSSR count). The number of non-ortho nitro benzene ring substituents is 1. The summed E-state index contributed by atoms with van der Waals surface area (Å²) < 4.78 is 33.5. The van der Waals surface area contributed by atoms with Gasteiger partial charge < -0.3 is 4.74 Å². The van der Waals surface area contributed by atoms with E-state index in [1.54, 1.807) is 38.1 Å². The van der Waals surface area contributed by atoms with Crippen LogP contribution < -0.4 is 0 Å². The van der Waals surface area contributed by atoms with E-state index in [1.165, 1.54) is 0 Å². The van der Waals surface area contributed by atoms with Gasteiger partial charge in [0.25, 0.3) is 5.69 Å². The smallest absolute Gasteiger partial charge is 0.324 e. The number of nitro benzene ring substituents is 1. The van der Waals surface area contributed by atoms with Crippen molar-refractivity contribution in [3.05, 3.63) is 69.2 Å². The first-order valence-electron chi connectivity index (χ1n) is 9.79. The minimum absolute atomic E-state index is 0.106. The molecule has 0 bridgehead atoms. The number of esters is 1. The summed E-state index contributed by atoms with van der Waals surface area (Å²) in [7, 11) is -4.21. The fourth-order valence-electron chi connectivity index (χ4n) is 3.11. The molecule has 0 aliphatic rings. The SMILES string of the molecule is CCOC(=O)[C@H]([C@@H](C)CC)N(Cc1cccc(Cl)c1)S(=O)(=O)c1ccc([N+](=O)[O-])cc1. The molecule has 2 aromatic carbocycles. The summed E-state index contributed by atoms with van der Waals surface area (Å²) in [6.07, 6.45) is 0.533. The zero-order valence-corrected chi connectivity index (χ0v) is 19.1. The van der Waals surface area contributed by atoms with Crippen molar-refractivity contribution in [2.45, 2.75) is 44.7 Å². The van der Waals surface area contributed by atoms with E-state index in [2.05, 4.69) is 0 Å². The third-order valence-electron chi connectivity index (χ3n) is 4.90. The monoisotopic (exact) mass is 468 g/mol. The number of benzene rings is 2. The van der Waals surface area contributed by atoms with Crippen LogP contribution in [0.1, 0.15) is 32.8 Å². The van der Waals surface area contributed by atoms with Gasteiger partial charge in [-0.2, -0.15) is 4.31 Å². The van der Waals surface area contributed by atoms with Crippen LogP contribution in [0.3, 0.4) is 0 Å². The second-order valence-corrected chi connectivity index (χ2v) is 9.34. The van der Waals surface area contributed by atoms with Crippen LogP contribution >= 0.6 is 11.6 Å². The molecule has 0 spiro atoms. The van der Waals surface area contributed by atoms with Gasteiger partial charge in [-0.05, 0) is 42.7 Å². The van der Waals surface area contributed by atoms with Crippen molar-refractivity contribution >= 4 is 33.3 Å². The third kappa shape index (κ3) is 6.03. The molecule has 0 N–H and O–H groups in total. The van der Waals surface area contributed by atoms with Crippen molar-refractivity contribution in [2.24, 2.45) is 5.92 Å². The largest absolute Gasteiger partial charge is 0.465 e. The predicted octanol–water partition coefficient (Wildman–Crippen LogP) is 4.42. The highest BCUT2D eigenvalue weighted by Gasteiger charge is 2.40. The van der Waals surface area contributed by atoms with Gasteiger partial charge in [0.2, 0.25) is 10.0 Å². The van der Waals surface area contributed by atoms with Gasteiger partial charge in [-0.15, -0.1) is 0 Å². The first-order chi connectivity index (χ1) is 14.6. The predicted molar refractivity (Wildman–Crippen MR) is 117 cm³/mol. The summed E-state index contributed by atoms with van der Waals surface area (Å²) >= 11 is 6.06. The van der Waals surface area contributed by atoms with Gasteiger partial charge in [-0.25, -0.2) is 8.42 Å². The van der Waals surface area contributed by atoms with Gasteiger partial charge in [-0.3, -0.25) is 14.9 Å². The zero-order valence-electron chi connectivity index (χ0n) is 17.5. The molecule has 0 saturated heterocycles. The van der Waals surface area contributed by atoms with Crippen molar-refractivity contribution < 1.29 is 22.9 Å². The third-order valence-corrected chi connectivity index (χ3v) is 6.98. The molecule has 0 aromatic heterocycles. The molecule has 0 heterocycles. The van der Waals surface area contributed by atoms with Gasteiger partial charge in [0.1, 0.15) is 6.04 Å². The van der Waals surface area contributed by atoms with E-state index in [9.17, 15) is 23.3 Å². The van der Waals surface area contributed by atoms with E-state index < -0.39 is 27.0 Å². The summed E-state index contributed by atoms with van der Waals surface area (Å²) in [5, 5.41) is 11.4. The van der Waals surface area contributed by atoms with E-state index in [-0.39, 0.29) is 29.7 Å². The molecular weight excluding hydrogens is 444 g/mol. The number of rotatable bonds is 10. The quantitative estimate of drug-likeness (QED) is 0.290. The fraction of sp³-hybridized carbons (Fsp3) is 0.381. The average molecular weight is 469 g/mol. The van der Waals surface area contributed by atoms with Crippen molar-refractivity contribution in [1.82, 2.24) is 4.31 Å². The van der Waals surface area contributed by atoms with Crippen molar-refractivity contribution in [2.75, 3.05) is 6.61 Å². The topological polar surface area (TPSA) is 107 Å². The van der Waals surface area contributed by atoms with Crippen LogP contribution in [-0.2, 0) is 26.1 Å². The van der Waals surface area contributed by atoms with Crippen LogP contribution in [0.4, 0.5) is 5.69 Å². The highest BCUT2D eigenvalue weighted by molar-refractivity contribution is 7.89. The Balaban J connectivity index is 2.60.